The van der Waals surface area contributed by atoms with Gasteiger partial charge in [-0.15, -0.1) is 0 Å². The normalized spacial score (nSPS) is 12.0. The maximum absolute atomic E-state index is 14.4. The molecule has 0 radical (unpaired) electrons. The largest absolute Gasteiger partial charge is 0.495 e. The first-order valence-electron chi connectivity index (χ1n) is 14.3. The number of hydrogen-bond donors (Lipinski definition) is 1. The summed E-state index contributed by atoms with van der Waals surface area (Å²) in [4.78, 5) is 29.4. The Bertz CT molecular complexity index is 1710. The van der Waals surface area contributed by atoms with Crippen molar-refractivity contribution >= 4 is 39.1 Å². The molecule has 0 saturated heterocycles. The number of rotatable bonds is 13. The standard InChI is InChI=1S/C34H35ClFN3O5S/c1-24(2)37-34(41)31(20-25-10-6-4-7-11-25)38(22-26-14-16-27(36)17-15-26)33(40)23-39(28-18-19-32(44-3)30(35)21-28)45(42,43)29-12-8-5-9-13-29/h4-19,21,24,31H,20,22-23H2,1-3H3,(H,37,41)/t31-/m0/s1. The van der Waals surface area contributed by atoms with Gasteiger partial charge in [-0.1, -0.05) is 72.3 Å². The Balaban J connectivity index is 1.82. The third-order valence-corrected chi connectivity index (χ3v) is 9.09. The molecule has 2 amide bonds. The summed E-state index contributed by atoms with van der Waals surface area (Å²) in [6.45, 7) is 2.89. The number of halogens is 2. The number of carbonyl (C=O) groups excluding carboxylic acids is 2. The molecule has 8 nitrogen and oxygen atoms in total. The van der Waals surface area contributed by atoms with Crippen molar-refractivity contribution < 1.29 is 27.1 Å². The molecular weight excluding hydrogens is 617 g/mol. The Morgan fingerprint density at radius 1 is 0.889 bits per heavy atom. The van der Waals surface area contributed by atoms with Crippen molar-refractivity contribution in [3.05, 3.63) is 125 Å². The van der Waals surface area contributed by atoms with Crippen LogP contribution in [0.2, 0.25) is 5.02 Å². The minimum absolute atomic E-state index is 0.0341. The van der Waals surface area contributed by atoms with E-state index in [2.05, 4.69) is 5.32 Å². The van der Waals surface area contributed by atoms with Crippen LogP contribution in [-0.2, 0) is 32.6 Å². The molecule has 0 aromatic heterocycles. The van der Waals surface area contributed by atoms with Crippen molar-refractivity contribution in [1.29, 1.82) is 0 Å². The fourth-order valence-electron chi connectivity index (χ4n) is 4.78. The molecule has 0 aliphatic rings. The summed E-state index contributed by atoms with van der Waals surface area (Å²) in [6, 6.07) is 25.7. The van der Waals surface area contributed by atoms with Crippen LogP contribution in [0, 0.1) is 5.82 Å². The van der Waals surface area contributed by atoms with Gasteiger partial charge < -0.3 is 15.0 Å². The Kier molecular flexibility index (Phi) is 11.2. The number of hydrogen-bond acceptors (Lipinski definition) is 5. The maximum Gasteiger partial charge on any atom is 0.264 e. The van der Waals surface area contributed by atoms with Gasteiger partial charge in [-0.3, -0.25) is 13.9 Å². The van der Waals surface area contributed by atoms with E-state index in [1.54, 1.807) is 18.2 Å². The Morgan fingerprint density at radius 2 is 1.51 bits per heavy atom. The molecule has 0 spiro atoms. The van der Waals surface area contributed by atoms with Crippen molar-refractivity contribution in [2.24, 2.45) is 0 Å². The lowest BCUT2D eigenvalue weighted by atomic mass is 10.0. The fraction of sp³-hybridized carbons (Fsp3) is 0.235. The molecule has 45 heavy (non-hydrogen) atoms. The van der Waals surface area contributed by atoms with Gasteiger partial charge in [0, 0.05) is 19.0 Å². The Labute approximate surface area is 268 Å². The Hall–Kier alpha value is -4.41. The summed E-state index contributed by atoms with van der Waals surface area (Å²) in [7, 11) is -2.85. The molecule has 4 aromatic carbocycles. The lowest BCUT2D eigenvalue weighted by molar-refractivity contribution is -0.140. The second-order valence-corrected chi connectivity index (χ2v) is 12.9. The zero-order chi connectivity index (χ0) is 32.6. The van der Waals surface area contributed by atoms with Crippen LogP contribution in [0.3, 0.4) is 0 Å². The van der Waals surface area contributed by atoms with E-state index >= 15 is 0 Å². The number of ether oxygens (including phenoxy) is 1. The molecule has 0 aliphatic heterocycles. The van der Waals surface area contributed by atoms with E-state index in [0.29, 0.717) is 11.3 Å². The molecular formula is C34H35ClFN3O5S. The quantitative estimate of drug-likeness (QED) is 0.196. The van der Waals surface area contributed by atoms with Gasteiger partial charge in [-0.05, 0) is 67.4 Å². The van der Waals surface area contributed by atoms with Gasteiger partial charge in [0.25, 0.3) is 10.0 Å². The summed E-state index contributed by atoms with van der Waals surface area (Å²) in [5, 5.41) is 3.05. The molecule has 11 heteroatoms. The summed E-state index contributed by atoms with van der Waals surface area (Å²) in [5.41, 5.74) is 1.49. The average Bonchev–Trinajstić information content (AvgIpc) is 3.02. The zero-order valence-corrected chi connectivity index (χ0v) is 26.8. The van der Waals surface area contributed by atoms with Crippen LogP contribution in [0.5, 0.6) is 5.75 Å². The molecule has 0 saturated carbocycles. The second kappa shape index (κ2) is 15.0. The van der Waals surface area contributed by atoms with Crippen LogP contribution in [0.25, 0.3) is 0 Å². The highest BCUT2D eigenvalue weighted by atomic mass is 35.5. The van der Waals surface area contributed by atoms with Crippen LogP contribution in [0.4, 0.5) is 10.1 Å². The first kappa shape index (κ1) is 33.5. The maximum atomic E-state index is 14.4. The summed E-state index contributed by atoms with van der Waals surface area (Å²) < 4.78 is 48.1. The highest BCUT2D eigenvalue weighted by Gasteiger charge is 2.35. The molecule has 0 heterocycles. The highest BCUT2D eigenvalue weighted by Crippen LogP contribution is 2.32. The zero-order valence-electron chi connectivity index (χ0n) is 25.2. The monoisotopic (exact) mass is 651 g/mol. The highest BCUT2D eigenvalue weighted by molar-refractivity contribution is 7.92. The summed E-state index contributed by atoms with van der Waals surface area (Å²) in [5.74, 6) is -1.18. The number of nitrogens with zero attached hydrogens (tertiary/aromatic N) is 2. The lowest BCUT2D eigenvalue weighted by Crippen LogP contribution is -2.54. The number of amides is 2. The van der Waals surface area contributed by atoms with Gasteiger partial charge in [-0.25, -0.2) is 12.8 Å². The van der Waals surface area contributed by atoms with E-state index in [4.69, 9.17) is 16.3 Å². The minimum atomic E-state index is -4.29. The van der Waals surface area contributed by atoms with Crippen LogP contribution < -0.4 is 14.4 Å². The third kappa shape index (κ3) is 8.61. The molecule has 236 valence electrons. The van der Waals surface area contributed by atoms with E-state index in [-0.39, 0.29) is 34.6 Å². The topological polar surface area (TPSA) is 96.0 Å². The van der Waals surface area contributed by atoms with Crippen molar-refractivity contribution in [3.8, 4) is 5.75 Å². The molecule has 0 aliphatic carbocycles. The fourth-order valence-corrected chi connectivity index (χ4v) is 6.46. The number of nitrogens with one attached hydrogen (secondary N) is 1. The van der Waals surface area contributed by atoms with Crippen molar-refractivity contribution in [3.63, 3.8) is 0 Å². The molecule has 4 rings (SSSR count). The molecule has 1 atom stereocenters. The van der Waals surface area contributed by atoms with E-state index in [9.17, 15) is 22.4 Å². The minimum Gasteiger partial charge on any atom is -0.495 e. The predicted octanol–water partition coefficient (Wildman–Crippen LogP) is 5.85. The number of anilines is 1. The first-order valence-corrected chi connectivity index (χ1v) is 16.1. The SMILES string of the molecule is COc1ccc(N(CC(=O)N(Cc2ccc(F)cc2)[C@@H](Cc2ccccc2)C(=O)NC(C)C)S(=O)(=O)c2ccccc2)cc1Cl. The molecule has 0 bridgehead atoms. The van der Waals surface area contributed by atoms with E-state index < -0.39 is 40.2 Å². The van der Waals surface area contributed by atoms with Crippen molar-refractivity contribution in [1.82, 2.24) is 10.2 Å². The summed E-state index contributed by atoms with van der Waals surface area (Å²) in [6.07, 6.45) is 0.159. The average molecular weight is 652 g/mol. The number of sulfonamides is 1. The molecule has 0 fully saturated rings. The van der Waals surface area contributed by atoms with E-state index in [0.717, 1.165) is 9.87 Å². The lowest BCUT2D eigenvalue weighted by Gasteiger charge is -2.34. The number of methoxy groups -OCH3 is 1. The molecule has 0 unspecified atom stereocenters. The van der Waals surface area contributed by atoms with E-state index in [1.807, 2.05) is 44.2 Å². The smallest absolute Gasteiger partial charge is 0.264 e. The van der Waals surface area contributed by atoms with Crippen LogP contribution in [0.15, 0.2) is 108 Å². The van der Waals surface area contributed by atoms with Crippen LogP contribution >= 0.6 is 11.6 Å². The van der Waals surface area contributed by atoms with E-state index in [1.165, 1.54) is 66.6 Å². The molecule has 4 aromatic rings. The predicted molar refractivity (Wildman–Crippen MR) is 173 cm³/mol. The first-order chi connectivity index (χ1) is 21.5. The number of carbonyl (C=O) groups is 2. The van der Waals surface area contributed by atoms with Crippen molar-refractivity contribution in [2.75, 3.05) is 18.0 Å². The third-order valence-electron chi connectivity index (χ3n) is 7.00. The van der Waals surface area contributed by atoms with Gasteiger partial charge in [0.2, 0.25) is 11.8 Å². The van der Waals surface area contributed by atoms with Crippen LogP contribution in [-0.4, -0.2) is 50.9 Å². The van der Waals surface area contributed by atoms with Crippen LogP contribution in [0.1, 0.15) is 25.0 Å². The summed E-state index contributed by atoms with van der Waals surface area (Å²) >= 11 is 6.39. The number of benzene rings is 4. The van der Waals surface area contributed by atoms with Gasteiger partial charge in [-0.2, -0.15) is 0 Å². The van der Waals surface area contributed by atoms with Gasteiger partial charge in [0.1, 0.15) is 24.2 Å². The Morgan fingerprint density at radius 3 is 2.09 bits per heavy atom. The van der Waals surface area contributed by atoms with Gasteiger partial charge >= 0.3 is 0 Å². The van der Waals surface area contributed by atoms with Crippen molar-refractivity contribution in [2.45, 2.75) is 43.8 Å². The van der Waals surface area contributed by atoms with Gasteiger partial charge in [0.15, 0.2) is 0 Å². The molecule has 1 N–H and O–H groups in total. The van der Waals surface area contributed by atoms with Gasteiger partial charge in [0.05, 0.1) is 22.7 Å². The second-order valence-electron chi connectivity index (χ2n) is 10.7.